The van der Waals surface area contributed by atoms with E-state index < -0.39 is 11.6 Å². The Bertz CT molecular complexity index is 236. The molecule has 0 radical (unpaired) electrons. The molecule has 1 N–H and O–H groups in total. The van der Waals surface area contributed by atoms with E-state index in [2.05, 4.69) is 4.89 Å². The molecule has 0 atom stereocenters. The first-order valence-corrected chi connectivity index (χ1v) is 2.54. The predicted octanol–water partition coefficient (Wildman–Crippen LogP) is 0.0679. The molecule has 10 heavy (non-hydrogen) atoms. The van der Waals surface area contributed by atoms with Gasteiger partial charge < -0.3 is 4.89 Å². The lowest BCUT2D eigenvalue weighted by molar-refractivity contribution is -0.205. The first-order valence-electron chi connectivity index (χ1n) is 2.54. The maximum Gasteiger partial charge on any atom is 0.271 e. The van der Waals surface area contributed by atoms with E-state index in [-0.39, 0.29) is 5.76 Å². The Labute approximate surface area is 56.3 Å². The third kappa shape index (κ3) is 0.964. The van der Waals surface area contributed by atoms with Crippen LogP contribution >= 0.6 is 0 Å². The molecular formula is C6H4O4. The second-order valence-electron chi connectivity index (χ2n) is 1.67. The van der Waals surface area contributed by atoms with Gasteiger partial charge in [0.15, 0.2) is 0 Å². The van der Waals surface area contributed by atoms with E-state index in [1.807, 2.05) is 0 Å². The largest absolute Gasteiger partial charge is 0.336 e. The van der Waals surface area contributed by atoms with Gasteiger partial charge in [0.2, 0.25) is 11.5 Å². The van der Waals surface area contributed by atoms with Gasteiger partial charge in [0, 0.05) is 0 Å². The number of hydrogen-bond acceptors (Lipinski definition) is 4. The van der Waals surface area contributed by atoms with E-state index in [0.29, 0.717) is 0 Å². The number of ketones is 2. The lowest BCUT2D eigenvalue weighted by Crippen LogP contribution is -2.17. The fraction of sp³-hybridized carbons (Fsp3) is 0. The Kier molecular flexibility index (Phi) is 1.64. The number of carbonyl (C=O) groups is 2. The van der Waals surface area contributed by atoms with E-state index >= 15 is 0 Å². The molecule has 1 aliphatic carbocycles. The molecule has 0 spiro atoms. The Balaban J connectivity index is 2.92. The molecule has 1 rings (SSSR count). The van der Waals surface area contributed by atoms with Gasteiger partial charge in [-0.05, 0) is 12.2 Å². The Hall–Kier alpha value is -1.42. The van der Waals surface area contributed by atoms with E-state index in [9.17, 15) is 9.59 Å². The van der Waals surface area contributed by atoms with Crippen LogP contribution in [0.3, 0.4) is 0 Å². The van der Waals surface area contributed by atoms with Crippen LogP contribution < -0.4 is 0 Å². The van der Waals surface area contributed by atoms with Crippen molar-refractivity contribution in [2.75, 3.05) is 0 Å². The van der Waals surface area contributed by atoms with Crippen LogP contribution in [-0.2, 0) is 14.5 Å². The quantitative estimate of drug-likeness (QED) is 0.242. The monoisotopic (exact) mass is 140 g/mol. The first-order chi connectivity index (χ1) is 4.75. The normalized spacial score (nSPS) is 17.1. The fourth-order valence-electron chi connectivity index (χ4n) is 0.568. The second kappa shape index (κ2) is 2.45. The van der Waals surface area contributed by atoms with Crippen molar-refractivity contribution in [1.82, 2.24) is 0 Å². The number of carbonyl (C=O) groups excluding carboxylic acids is 2. The summed E-state index contributed by atoms with van der Waals surface area (Å²) in [5.41, 5.74) is 0. The van der Waals surface area contributed by atoms with E-state index in [1.54, 1.807) is 0 Å². The highest BCUT2D eigenvalue weighted by Gasteiger charge is 2.20. The van der Waals surface area contributed by atoms with E-state index in [1.165, 1.54) is 12.2 Å². The standard InChI is InChI=1S/C6H4O4/c7-4-2-1-3-5(10-9)6(4)8/h1-3,9H. The Morgan fingerprint density at radius 3 is 2.60 bits per heavy atom. The molecule has 0 unspecified atom stereocenters. The number of hydrogen-bond donors (Lipinski definition) is 1. The molecule has 0 fully saturated rings. The van der Waals surface area contributed by atoms with Crippen LogP contribution in [-0.4, -0.2) is 16.8 Å². The SMILES string of the molecule is O=C1C=CC=C(OO)C1=O. The summed E-state index contributed by atoms with van der Waals surface area (Å²) in [6.45, 7) is 0. The number of rotatable bonds is 1. The fourth-order valence-corrected chi connectivity index (χ4v) is 0.568. The van der Waals surface area contributed by atoms with Crippen LogP contribution in [0.25, 0.3) is 0 Å². The first kappa shape index (κ1) is 6.70. The highest BCUT2D eigenvalue weighted by Crippen LogP contribution is 2.04. The van der Waals surface area contributed by atoms with E-state index in [4.69, 9.17) is 5.26 Å². The van der Waals surface area contributed by atoms with Crippen molar-refractivity contribution in [3.8, 4) is 0 Å². The van der Waals surface area contributed by atoms with Crippen LogP contribution in [0.2, 0.25) is 0 Å². The summed E-state index contributed by atoms with van der Waals surface area (Å²) < 4.78 is 0. The highest BCUT2D eigenvalue weighted by atomic mass is 17.1. The predicted molar refractivity (Wildman–Crippen MR) is 31.0 cm³/mol. The van der Waals surface area contributed by atoms with Gasteiger partial charge in [-0.2, -0.15) is 0 Å². The molecule has 0 saturated carbocycles. The molecule has 0 saturated heterocycles. The van der Waals surface area contributed by atoms with Crippen LogP contribution in [0.1, 0.15) is 0 Å². The average molecular weight is 140 g/mol. The van der Waals surface area contributed by atoms with Crippen LogP contribution in [0.5, 0.6) is 0 Å². The van der Waals surface area contributed by atoms with Crippen molar-refractivity contribution in [1.29, 1.82) is 0 Å². The summed E-state index contributed by atoms with van der Waals surface area (Å²) in [4.78, 5) is 24.7. The zero-order chi connectivity index (χ0) is 7.56. The molecule has 0 bridgehead atoms. The molecule has 52 valence electrons. The topological polar surface area (TPSA) is 63.6 Å². The minimum Gasteiger partial charge on any atom is -0.336 e. The summed E-state index contributed by atoms with van der Waals surface area (Å²) in [5, 5.41) is 8.00. The molecule has 0 aromatic rings. The Morgan fingerprint density at radius 2 is 2.10 bits per heavy atom. The summed E-state index contributed by atoms with van der Waals surface area (Å²) in [6, 6.07) is 0. The van der Waals surface area contributed by atoms with Crippen LogP contribution in [0.4, 0.5) is 0 Å². The van der Waals surface area contributed by atoms with Crippen LogP contribution in [0, 0.1) is 0 Å². The van der Waals surface area contributed by atoms with Crippen molar-refractivity contribution in [2.45, 2.75) is 0 Å². The lowest BCUT2D eigenvalue weighted by Gasteiger charge is -2.00. The Morgan fingerprint density at radius 1 is 1.40 bits per heavy atom. The van der Waals surface area contributed by atoms with Gasteiger partial charge in [-0.3, -0.25) is 9.59 Å². The van der Waals surface area contributed by atoms with Crippen molar-refractivity contribution in [3.05, 3.63) is 24.0 Å². The second-order valence-corrected chi connectivity index (χ2v) is 1.67. The molecule has 0 aromatic carbocycles. The van der Waals surface area contributed by atoms with Crippen LogP contribution in [0.15, 0.2) is 24.0 Å². The molecular weight excluding hydrogens is 136 g/mol. The molecule has 4 nitrogen and oxygen atoms in total. The maximum absolute atomic E-state index is 10.6. The summed E-state index contributed by atoms with van der Waals surface area (Å²) in [6.07, 6.45) is 3.64. The average Bonchev–Trinajstić information content (AvgIpc) is 1.95. The minimum absolute atomic E-state index is 0.340. The van der Waals surface area contributed by atoms with Gasteiger partial charge in [-0.1, -0.05) is 6.08 Å². The molecule has 0 amide bonds. The lowest BCUT2D eigenvalue weighted by atomic mass is 10.1. The number of Topliss-reactive ketones (excluding diaryl/α,β-unsaturated/α-hetero) is 1. The van der Waals surface area contributed by atoms with Gasteiger partial charge in [0.25, 0.3) is 5.78 Å². The van der Waals surface area contributed by atoms with Gasteiger partial charge in [-0.25, -0.2) is 5.26 Å². The summed E-state index contributed by atoms with van der Waals surface area (Å²) in [5.74, 6) is -1.86. The maximum atomic E-state index is 10.6. The van der Waals surface area contributed by atoms with Crippen molar-refractivity contribution in [3.63, 3.8) is 0 Å². The molecule has 1 aliphatic rings. The molecule has 4 heteroatoms. The zero-order valence-electron chi connectivity index (χ0n) is 4.90. The molecule has 0 heterocycles. The van der Waals surface area contributed by atoms with Crippen molar-refractivity contribution in [2.24, 2.45) is 0 Å². The van der Waals surface area contributed by atoms with Crippen molar-refractivity contribution >= 4 is 11.6 Å². The van der Waals surface area contributed by atoms with Gasteiger partial charge >= 0.3 is 0 Å². The van der Waals surface area contributed by atoms with E-state index in [0.717, 1.165) is 6.08 Å². The molecule has 0 aliphatic heterocycles. The number of allylic oxidation sites excluding steroid dienone is 4. The van der Waals surface area contributed by atoms with Crippen molar-refractivity contribution < 1.29 is 19.7 Å². The minimum atomic E-state index is -0.829. The zero-order valence-corrected chi connectivity index (χ0v) is 4.90. The van der Waals surface area contributed by atoms with Gasteiger partial charge in [0.05, 0.1) is 0 Å². The van der Waals surface area contributed by atoms with Gasteiger partial charge in [0.1, 0.15) is 0 Å². The summed E-state index contributed by atoms with van der Waals surface area (Å²) >= 11 is 0. The van der Waals surface area contributed by atoms with Gasteiger partial charge in [-0.15, -0.1) is 0 Å². The third-order valence-corrected chi connectivity index (χ3v) is 1.04. The molecule has 0 aromatic heterocycles. The highest BCUT2D eigenvalue weighted by molar-refractivity contribution is 6.47. The smallest absolute Gasteiger partial charge is 0.271 e. The summed E-state index contributed by atoms with van der Waals surface area (Å²) in [7, 11) is 0. The third-order valence-electron chi connectivity index (χ3n) is 1.04.